The molecule has 3 fully saturated rings. The first-order valence-electron chi connectivity index (χ1n) is 10.7. The summed E-state index contributed by atoms with van der Waals surface area (Å²) in [4.78, 5) is 12.4. The van der Waals surface area contributed by atoms with Crippen molar-refractivity contribution in [2.24, 2.45) is 0 Å². The Morgan fingerprint density at radius 1 is 1.19 bits per heavy atom. The molecule has 27 heavy (non-hydrogen) atoms. The number of amides is 1. The first-order chi connectivity index (χ1) is 13.2. The number of hydrogen-bond acceptors (Lipinski definition) is 3. The minimum atomic E-state index is 0.132. The molecule has 0 spiro atoms. The Balaban J connectivity index is 1.43. The summed E-state index contributed by atoms with van der Waals surface area (Å²) < 4.78 is 6.49. The number of carbonyl (C=O) groups is 1. The molecule has 0 bridgehead atoms. The number of hydrogen-bond donors (Lipinski definition) is 2. The zero-order chi connectivity index (χ0) is 18.7. The lowest BCUT2D eigenvalue weighted by Gasteiger charge is -2.43. The molecule has 2 N–H and O–H groups in total. The van der Waals surface area contributed by atoms with Gasteiger partial charge in [-0.15, -0.1) is 0 Å². The van der Waals surface area contributed by atoms with Gasteiger partial charge in [0.15, 0.2) is 0 Å². The van der Waals surface area contributed by atoms with E-state index in [1.54, 1.807) is 0 Å². The third kappa shape index (κ3) is 3.91. The highest BCUT2D eigenvalue weighted by molar-refractivity contribution is 5.79. The molecule has 5 heteroatoms. The third-order valence-corrected chi connectivity index (χ3v) is 6.99. The van der Waals surface area contributed by atoms with E-state index in [4.69, 9.17) is 4.74 Å². The number of benzene rings is 1. The van der Waals surface area contributed by atoms with Gasteiger partial charge in [0, 0.05) is 51.6 Å². The molecule has 3 saturated heterocycles. The molecule has 3 heterocycles. The van der Waals surface area contributed by atoms with Crippen LogP contribution in [0.25, 0.3) is 0 Å². The van der Waals surface area contributed by atoms with Gasteiger partial charge in [-0.2, -0.15) is 0 Å². The van der Waals surface area contributed by atoms with Crippen molar-refractivity contribution in [1.82, 2.24) is 15.1 Å². The zero-order valence-corrected chi connectivity index (χ0v) is 16.6. The molecule has 148 valence electrons. The van der Waals surface area contributed by atoms with Crippen LogP contribution in [-0.4, -0.2) is 56.9 Å². The number of nitrogens with zero attached hydrogens (tertiary/aromatic N) is 1. The van der Waals surface area contributed by atoms with Crippen LogP contribution in [0.5, 0.6) is 0 Å². The Hall–Kier alpha value is -1.43. The second-order valence-electron chi connectivity index (χ2n) is 8.59. The van der Waals surface area contributed by atoms with E-state index in [0.29, 0.717) is 18.5 Å². The van der Waals surface area contributed by atoms with Crippen LogP contribution in [0, 0.1) is 0 Å². The van der Waals surface area contributed by atoms with Crippen LogP contribution in [0.2, 0.25) is 0 Å². The molecule has 1 aromatic rings. The topological polar surface area (TPSA) is 50.4 Å². The summed E-state index contributed by atoms with van der Waals surface area (Å²) in [5.74, 6) is 0.132. The van der Waals surface area contributed by atoms with Gasteiger partial charge in [0.25, 0.3) is 0 Å². The lowest BCUT2D eigenvalue weighted by atomic mass is 10.0. The Morgan fingerprint density at radius 3 is 2.59 bits per heavy atom. The fraction of sp³-hybridized carbons (Fsp3) is 0.682. The quantitative estimate of drug-likeness (QED) is 0.781. The molecule has 3 aliphatic rings. The van der Waals surface area contributed by atoms with Crippen LogP contribution >= 0.6 is 0 Å². The average molecular weight is 373 g/mol. The minimum absolute atomic E-state index is 0.132. The molecule has 4 rings (SSSR count). The average Bonchev–Trinajstić information content (AvgIpc) is 3.33. The lowest BCUT2D eigenvalue weighted by Crippen LogP contribution is -2.59. The van der Waals surface area contributed by atoms with E-state index in [-0.39, 0.29) is 11.9 Å². The summed E-state index contributed by atoms with van der Waals surface area (Å²) in [6.45, 7) is 7.45. The second-order valence-corrected chi connectivity index (χ2v) is 8.59. The molecule has 3 aliphatic heterocycles. The molecular formula is C22H34N3O2+. The third-order valence-electron chi connectivity index (χ3n) is 6.99. The summed E-state index contributed by atoms with van der Waals surface area (Å²) in [6, 6.07) is 10.6. The van der Waals surface area contributed by atoms with Crippen LogP contribution in [0.1, 0.15) is 44.6 Å². The van der Waals surface area contributed by atoms with Gasteiger partial charge in [-0.25, -0.2) is 0 Å². The molecule has 0 aliphatic carbocycles. The van der Waals surface area contributed by atoms with Crippen molar-refractivity contribution in [3.63, 3.8) is 0 Å². The molecular weight excluding hydrogens is 338 g/mol. The lowest BCUT2D eigenvalue weighted by molar-refractivity contribution is -0.121. The largest absolute Gasteiger partial charge is 0.381 e. The molecule has 1 aromatic carbocycles. The van der Waals surface area contributed by atoms with Gasteiger partial charge < -0.3 is 15.4 Å². The monoisotopic (exact) mass is 372 g/mol. The van der Waals surface area contributed by atoms with Crippen LogP contribution in [0.15, 0.2) is 24.3 Å². The molecule has 5 nitrogen and oxygen atoms in total. The maximum atomic E-state index is 12.4. The number of ether oxygens (including phenoxy) is 1. The van der Waals surface area contributed by atoms with E-state index in [9.17, 15) is 4.79 Å². The fourth-order valence-electron chi connectivity index (χ4n) is 5.47. The maximum absolute atomic E-state index is 12.4. The molecule has 0 radical (unpaired) electrons. The highest BCUT2D eigenvalue weighted by atomic mass is 16.5. The van der Waals surface area contributed by atoms with E-state index in [0.717, 1.165) is 49.2 Å². The van der Waals surface area contributed by atoms with Crippen molar-refractivity contribution in [2.45, 2.75) is 63.6 Å². The maximum Gasteiger partial charge on any atom is 0.224 e. The Kier molecular flexibility index (Phi) is 5.81. The second kappa shape index (κ2) is 8.29. The summed E-state index contributed by atoms with van der Waals surface area (Å²) >= 11 is 0. The summed E-state index contributed by atoms with van der Waals surface area (Å²) in [5.41, 5.74) is 2.54. The predicted octanol–water partition coefficient (Wildman–Crippen LogP) is 2.38. The van der Waals surface area contributed by atoms with Crippen molar-refractivity contribution in [3.05, 3.63) is 29.8 Å². The van der Waals surface area contributed by atoms with Crippen molar-refractivity contribution in [2.75, 3.05) is 32.8 Å². The highest BCUT2D eigenvalue weighted by Crippen LogP contribution is 2.39. The number of likely N-dealkylation sites (tertiary alicyclic amines) is 1. The zero-order valence-electron chi connectivity index (χ0n) is 16.6. The molecule has 1 amide bonds. The smallest absolute Gasteiger partial charge is 0.224 e. The van der Waals surface area contributed by atoms with Gasteiger partial charge in [0.2, 0.25) is 5.91 Å². The Bertz CT molecular complexity index is 635. The molecule has 3 atom stereocenters. The van der Waals surface area contributed by atoms with Gasteiger partial charge in [-0.1, -0.05) is 12.1 Å². The summed E-state index contributed by atoms with van der Waals surface area (Å²) in [7, 11) is 0. The molecule has 1 unspecified atom stereocenters. The first kappa shape index (κ1) is 18.9. The van der Waals surface area contributed by atoms with Gasteiger partial charge in [0.1, 0.15) is 11.7 Å². The fourth-order valence-corrected chi connectivity index (χ4v) is 5.47. The van der Waals surface area contributed by atoms with Crippen molar-refractivity contribution in [3.8, 4) is 0 Å². The van der Waals surface area contributed by atoms with Crippen LogP contribution in [0.3, 0.4) is 0 Å². The first-order valence-corrected chi connectivity index (χ1v) is 10.7. The number of rotatable bonds is 5. The van der Waals surface area contributed by atoms with Crippen LogP contribution in [0.4, 0.5) is 5.69 Å². The minimum Gasteiger partial charge on any atom is -0.381 e. The normalized spacial score (nSPS) is 31.9. The van der Waals surface area contributed by atoms with E-state index < -0.39 is 0 Å². The van der Waals surface area contributed by atoms with Gasteiger partial charge >= 0.3 is 0 Å². The number of quaternary nitrogens is 1. The number of carbonyl (C=O) groups excluding carboxylic acids is 1. The number of nitrogens with one attached hydrogen (secondary N) is 2. The van der Waals surface area contributed by atoms with Crippen molar-refractivity contribution >= 4 is 11.6 Å². The Labute approximate surface area is 163 Å². The van der Waals surface area contributed by atoms with Gasteiger partial charge in [-0.3, -0.25) is 9.28 Å². The SMILES string of the molecule is C[C@H]1CCC[N+]1(c1ccc(CC(=O)NC2CCOCC2)cc1)[C@H]1CCNC1. The molecule has 0 saturated carbocycles. The van der Waals surface area contributed by atoms with Crippen LogP contribution < -0.4 is 15.1 Å². The van der Waals surface area contributed by atoms with Crippen molar-refractivity contribution < 1.29 is 9.53 Å². The van der Waals surface area contributed by atoms with E-state index in [1.165, 1.54) is 31.5 Å². The highest BCUT2D eigenvalue weighted by Gasteiger charge is 2.47. The van der Waals surface area contributed by atoms with Crippen LogP contribution in [-0.2, 0) is 16.0 Å². The van der Waals surface area contributed by atoms with Crippen molar-refractivity contribution in [1.29, 1.82) is 0 Å². The van der Waals surface area contributed by atoms with E-state index in [2.05, 4.69) is 41.8 Å². The standard InChI is InChI=1S/C22H33N3O2/c1-17-3-2-12-25(17,21-8-11-23-16-21)20-6-4-18(5-7-20)15-22(26)24-19-9-13-27-14-10-19/h4-7,17,19,21,23H,2-3,8-16H2,1H3/p+1/t17-,21-,25?/m0/s1. The van der Waals surface area contributed by atoms with E-state index in [1.807, 2.05) is 0 Å². The van der Waals surface area contributed by atoms with Gasteiger partial charge in [-0.05, 0) is 37.5 Å². The molecule has 0 aromatic heterocycles. The van der Waals surface area contributed by atoms with E-state index >= 15 is 0 Å². The summed E-state index contributed by atoms with van der Waals surface area (Å²) in [5, 5.41) is 6.73. The van der Waals surface area contributed by atoms with Gasteiger partial charge in [0.05, 0.1) is 19.0 Å². The summed E-state index contributed by atoms with van der Waals surface area (Å²) in [6.07, 6.45) is 6.21. The Morgan fingerprint density at radius 2 is 1.96 bits per heavy atom. The predicted molar refractivity (Wildman–Crippen MR) is 109 cm³/mol.